The van der Waals surface area contributed by atoms with E-state index in [0.717, 1.165) is 23.8 Å². The molecule has 2 N–H and O–H groups in total. The van der Waals surface area contributed by atoms with E-state index in [1.807, 2.05) is 24.3 Å². The molecule has 14 heavy (non-hydrogen) atoms. The third kappa shape index (κ3) is 2.39. The second-order valence-electron chi connectivity index (χ2n) is 3.37. The molecule has 1 fully saturated rings. The number of halogens is 2. The van der Waals surface area contributed by atoms with Gasteiger partial charge in [-0.2, -0.15) is 0 Å². The molecule has 0 aliphatic carbocycles. The Kier molecular flexibility index (Phi) is 4.20. The van der Waals surface area contributed by atoms with E-state index in [0.29, 0.717) is 5.92 Å². The fourth-order valence-corrected chi connectivity index (χ4v) is 1.54. The molecule has 0 radical (unpaired) electrons. The minimum atomic E-state index is 0. The fourth-order valence-electron chi connectivity index (χ4n) is 1.42. The normalized spacial score (nSPS) is 18.1. The van der Waals surface area contributed by atoms with E-state index in [2.05, 4.69) is 0 Å². The molecule has 0 bridgehead atoms. The molecule has 78 valence electrons. The van der Waals surface area contributed by atoms with Gasteiger partial charge >= 0.3 is 0 Å². The van der Waals surface area contributed by atoms with Gasteiger partial charge in [0.05, 0.1) is 13.2 Å². The molecular formula is C10H13Cl2NO. The summed E-state index contributed by atoms with van der Waals surface area (Å²) < 4.78 is 5.10. The highest BCUT2D eigenvalue weighted by molar-refractivity contribution is 6.30. The molecule has 0 amide bonds. The van der Waals surface area contributed by atoms with Crippen molar-refractivity contribution in [1.82, 2.24) is 0 Å². The summed E-state index contributed by atoms with van der Waals surface area (Å²) in [6, 6.07) is 7.79. The Morgan fingerprint density at radius 1 is 1.29 bits per heavy atom. The Morgan fingerprint density at radius 2 is 1.86 bits per heavy atom. The summed E-state index contributed by atoms with van der Waals surface area (Å²) >= 11 is 5.78. The molecule has 2 nitrogen and oxygen atoms in total. The second-order valence-corrected chi connectivity index (χ2v) is 3.81. The molecule has 0 unspecified atom stereocenters. The van der Waals surface area contributed by atoms with Crippen molar-refractivity contribution in [3.05, 3.63) is 34.9 Å². The van der Waals surface area contributed by atoms with Crippen LogP contribution in [-0.2, 0) is 4.74 Å². The number of benzene rings is 1. The van der Waals surface area contributed by atoms with Gasteiger partial charge in [-0.05, 0) is 17.7 Å². The lowest BCUT2D eigenvalue weighted by molar-refractivity contribution is -0.0441. The van der Waals surface area contributed by atoms with Gasteiger partial charge in [-0.25, -0.2) is 0 Å². The molecule has 0 spiro atoms. The molecule has 1 atom stereocenters. The van der Waals surface area contributed by atoms with Crippen molar-refractivity contribution in [2.24, 2.45) is 11.7 Å². The van der Waals surface area contributed by atoms with Gasteiger partial charge in [-0.15, -0.1) is 12.4 Å². The van der Waals surface area contributed by atoms with Gasteiger partial charge in [0.25, 0.3) is 0 Å². The van der Waals surface area contributed by atoms with Crippen LogP contribution < -0.4 is 5.73 Å². The first-order valence-corrected chi connectivity index (χ1v) is 4.74. The number of hydrogen-bond donors (Lipinski definition) is 1. The zero-order valence-corrected chi connectivity index (χ0v) is 9.22. The average Bonchev–Trinajstić information content (AvgIpc) is 2.02. The van der Waals surface area contributed by atoms with Gasteiger partial charge in [0.1, 0.15) is 0 Å². The lowest BCUT2D eigenvalue weighted by Gasteiger charge is -2.31. The van der Waals surface area contributed by atoms with Crippen LogP contribution in [0.5, 0.6) is 0 Å². The molecule has 1 saturated heterocycles. The van der Waals surface area contributed by atoms with Gasteiger partial charge in [0.2, 0.25) is 0 Å². The number of rotatable bonds is 2. The highest BCUT2D eigenvalue weighted by Crippen LogP contribution is 2.26. The zero-order chi connectivity index (χ0) is 9.26. The summed E-state index contributed by atoms with van der Waals surface area (Å²) in [5.41, 5.74) is 7.16. The topological polar surface area (TPSA) is 35.2 Å². The molecule has 0 saturated carbocycles. The standard InChI is InChI=1S/C10H12ClNO.ClH/c11-9-3-1-7(2-4-9)10(12)8-5-13-6-8;/h1-4,8,10H,5-6,12H2;1H/t10-;/m0./s1. The van der Waals surface area contributed by atoms with E-state index in [-0.39, 0.29) is 18.4 Å². The summed E-state index contributed by atoms with van der Waals surface area (Å²) in [5, 5.41) is 0.751. The fraction of sp³-hybridized carbons (Fsp3) is 0.400. The molecule has 1 aromatic carbocycles. The Morgan fingerprint density at radius 3 is 2.29 bits per heavy atom. The largest absolute Gasteiger partial charge is 0.381 e. The Balaban J connectivity index is 0.000000980. The van der Waals surface area contributed by atoms with Gasteiger partial charge in [-0.1, -0.05) is 23.7 Å². The van der Waals surface area contributed by atoms with E-state index in [1.54, 1.807) is 0 Å². The number of nitrogens with two attached hydrogens (primary N) is 1. The third-order valence-corrected chi connectivity index (χ3v) is 2.68. The van der Waals surface area contributed by atoms with Crippen LogP contribution in [0.1, 0.15) is 11.6 Å². The maximum atomic E-state index is 6.03. The zero-order valence-electron chi connectivity index (χ0n) is 7.65. The van der Waals surface area contributed by atoms with Crippen molar-refractivity contribution in [3.8, 4) is 0 Å². The lowest BCUT2D eigenvalue weighted by atomic mass is 9.92. The highest BCUT2D eigenvalue weighted by Gasteiger charge is 2.26. The van der Waals surface area contributed by atoms with E-state index in [9.17, 15) is 0 Å². The first kappa shape index (κ1) is 11.8. The number of ether oxygens (including phenoxy) is 1. The number of hydrogen-bond acceptors (Lipinski definition) is 2. The van der Waals surface area contributed by atoms with Crippen LogP contribution in [0.3, 0.4) is 0 Å². The predicted octanol–water partition coefficient (Wildman–Crippen LogP) is 2.41. The minimum absolute atomic E-state index is 0. The summed E-state index contributed by atoms with van der Waals surface area (Å²) in [6.07, 6.45) is 0. The van der Waals surface area contributed by atoms with Crippen LogP contribution in [0.4, 0.5) is 0 Å². The lowest BCUT2D eigenvalue weighted by Crippen LogP contribution is -2.37. The first-order chi connectivity index (χ1) is 6.27. The smallest absolute Gasteiger partial charge is 0.0534 e. The first-order valence-electron chi connectivity index (χ1n) is 4.36. The molecule has 1 aliphatic heterocycles. The van der Waals surface area contributed by atoms with Crippen molar-refractivity contribution in [2.75, 3.05) is 13.2 Å². The monoisotopic (exact) mass is 233 g/mol. The van der Waals surface area contributed by atoms with Crippen LogP contribution >= 0.6 is 24.0 Å². The molecule has 2 rings (SSSR count). The van der Waals surface area contributed by atoms with Gasteiger partial charge < -0.3 is 10.5 Å². The highest BCUT2D eigenvalue weighted by atomic mass is 35.5. The van der Waals surface area contributed by atoms with Crippen molar-refractivity contribution in [1.29, 1.82) is 0 Å². The maximum absolute atomic E-state index is 6.03. The Hall–Kier alpha value is -0.280. The van der Waals surface area contributed by atoms with Crippen molar-refractivity contribution < 1.29 is 4.74 Å². The van der Waals surface area contributed by atoms with Gasteiger partial charge in [-0.3, -0.25) is 0 Å². The van der Waals surface area contributed by atoms with Crippen molar-refractivity contribution in [3.63, 3.8) is 0 Å². The second kappa shape index (κ2) is 4.99. The molecule has 0 aromatic heterocycles. The van der Waals surface area contributed by atoms with Gasteiger partial charge in [0.15, 0.2) is 0 Å². The summed E-state index contributed by atoms with van der Waals surface area (Å²) in [5.74, 6) is 0.473. The van der Waals surface area contributed by atoms with Crippen molar-refractivity contribution >= 4 is 24.0 Å². The van der Waals surface area contributed by atoms with Crippen LogP contribution in [0.2, 0.25) is 5.02 Å². The average molecular weight is 234 g/mol. The van der Waals surface area contributed by atoms with Crippen LogP contribution in [0.15, 0.2) is 24.3 Å². The van der Waals surface area contributed by atoms with E-state index < -0.39 is 0 Å². The molecule has 1 heterocycles. The Bertz CT molecular complexity index is 285. The summed E-state index contributed by atoms with van der Waals surface area (Å²) in [7, 11) is 0. The molecule has 1 aliphatic rings. The van der Waals surface area contributed by atoms with Crippen LogP contribution in [0, 0.1) is 5.92 Å². The molecule has 4 heteroatoms. The SMILES string of the molecule is Cl.N[C@@H](c1ccc(Cl)cc1)C1COC1. The van der Waals surface area contributed by atoms with E-state index in [1.165, 1.54) is 0 Å². The maximum Gasteiger partial charge on any atom is 0.0534 e. The van der Waals surface area contributed by atoms with E-state index in [4.69, 9.17) is 22.1 Å². The predicted molar refractivity (Wildman–Crippen MR) is 59.9 cm³/mol. The van der Waals surface area contributed by atoms with Crippen molar-refractivity contribution in [2.45, 2.75) is 6.04 Å². The molecular weight excluding hydrogens is 221 g/mol. The molecule has 1 aromatic rings. The quantitative estimate of drug-likeness (QED) is 0.852. The Labute approximate surface area is 94.8 Å². The summed E-state index contributed by atoms with van der Waals surface area (Å²) in [4.78, 5) is 0. The van der Waals surface area contributed by atoms with E-state index >= 15 is 0 Å². The minimum Gasteiger partial charge on any atom is -0.381 e. The van der Waals surface area contributed by atoms with Crippen LogP contribution in [0.25, 0.3) is 0 Å². The van der Waals surface area contributed by atoms with Crippen LogP contribution in [-0.4, -0.2) is 13.2 Å². The third-order valence-electron chi connectivity index (χ3n) is 2.43. The summed E-state index contributed by atoms with van der Waals surface area (Å²) in [6.45, 7) is 1.56. The van der Waals surface area contributed by atoms with Gasteiger partial charge in [0, 0.05) is 17.0 Å².